The van der Waals surface area contributed by atoms with E-state index in [4.69, 9.17) is 0 Å². The maximum atomic E-state index is 12.2. The summed E-state index contributed by atoms with van der Waals surface area (Å²) in [4.78, 5) is 21.2. The van der Waals surface area contributed by atoms with E-state index in [9.17, 15) is 4.79 Å². The van der Waals surface area contributed by atoms with Crippen LogP contribution in [0.2, 0.25) is 0 Å². The number of thiazole rings is 1. The molecule has 0 amide bonds. The Labute approximate surface area is 142 Å². The molecule has 0 bridgehead atoms. The highest BCUT2D eigenvalue weighted by Gasteiger charge is 2.05. The second kappa shape index (κ2) is 5.72. The smallest absolute Gasteiger partial charge is 0.258 e. The highest BCUT2D eigenvalue weighted by atomic mass is 32.1. The van der Waals surface area contributed by atoms with E-state index in [0.717, 1.165) is 32.2 Å². The van der Waals surface area contributed by atoms with E-state index in [1.165, 1.54) is 0 Å². The summed E-state index contributed by atoms with van der Waals surface area (Å²) in [5.41, 5.74) is 4.37. The third kappa shape index (κ3) is 2.76. The Morgan fingerprint density at radius 2 is 2.00 bits per heavy atom. The molecule has 3 aromatic heterocycles. The molecule has 6 heteroatoms. The number of aryl methyl sites for hydroxylation is 2. The number of anilines is 1. The van der Waals surface area contributed by atoms with E-state index in [1.54, 1.807) is 21.8 Å². The van der Waals surface area contributed by atoms with Crippen LogP contribution in [-0.2, 0) is 6.54 Å². The van der Waals surface area contributed by atoms with E-state index in [-0.39, 0.29) is 5.56 Å². The van der Waals surface area contributed by atoms with Gasteiger partial charge in [-0.25, -0.2) is 9.97 Å². The highest BCUT2D eigenvalue weighted by Crippen LogP contribution is 2.24. The number of pyridine rings is 1. The quantitative estimate of drug-likeness (QED) is 0.622. The Hall–Kier alpha value is -2.73. The van der Waals surface area contributed by atoms with Crippen LogP contribution in [0.1, 0.15) is 16.3 Å². The van der Waals surface area contributed by atoms with Crippen molar-refractivity contribution in [1.29, 1.82) is 0 Å². The minimum atomic E-state index is -0.0611. The van der Waals surface area contributed by atoms with Gasteiger partial charge in [0.15, 0.2) is 0 Å². The summed E-state index contributed by atoms with van der Waals surface area (Å²) in [5, 5.41) is 4.39. The van der Waals surface area contributed by atoms with E-state index in [1.807, 2.05) is 44.3 Å². The summed E-state index contributed by atoms with van der Waals surface area (Å²) in [6.45, 7) is 4.47. The van der Waals surface area contributed by atoms with Gasteiger partial charge >= 0.3 is 0 Å². The van der Waals surface area contributed by atoms with Gasteiger partial charge in [0.1, 0.15) is 5.65 Å². The number of nitrogens with zero attached hydrogens (tertiary/aromatic N) is 3. The molecule has 3 heterocycles. The molecule has 120 valence electrons. The number of fused-ring (bicyclic) bond motifs is 2. The Bertz CT molecular complexity index is 1110. The fourth-order valence-electron chi connectivity index (χ4n) is 2.69. The minimum absolute atomic E-state index is 0.0611. The first-order chi connectivity index (χ1) is 11.6. The van der Waals surface area contributed by atoms with Crippen LogP contribution in [0.15, 0.2) is 47.4 Å². The summed E-state index contributed by atoms with van der Waals surface area (Å²) in [6, 6.07) is 11.5. The lowest BCUT2D eigenvalue weighted by Crippen LogP contribution is -2.17. The monoisotopic (exact) mass is 336 g/mol. The third-order valence-electron chi connectivity index (χ3n) is 3.83. The van der Waals surface area contributed by atoms with Gasteiger partial charge in [-0.3, -0.25) is 9.20 Å². The Morgan fingerprint density at radius 3 is 2.88 bits per heavy atom. The van der Waals surface area contributed by atoms with Crippen molar-refractivity contribution in [3.63, 3.8) is 0 Å². The molecular weight excluding hydrogens is 320 g/mol. The fraction of sp³-hybridized carbons (Fsp3) is 0.167. The molecule has 0 saturated carbocycles. The topological polar surface area (TPSA) is 59.3 Å². The van der Waals surface area contributed by atoms with Crippen molar-refractivity contribution in [2.24, 2.45) is 0 Å². The first-order valence-corrected chi connectivity index (χ1v) is 8.50. The zero-order valence-electron chi connectivity index (χ0n) is 13.4. The maximum Gasteiger partial charge on any atom is 0.258 e. The molecule has 4 rings (SSSR count). The van der Waals surface area contributed by atoms with Crippen LogP contribution >= 0.6 is 11.3 Å². The third-order valence-corrected chi connectivity index (χ3v) is 4.76. The van der Waals surface area contributed by atoms with Gasteiger partial charge in [-0.05, 0) is 43.7 Å². The second-order valence-electron chi connectivity index (χ2n) is 5.79. The average molecular weight is 336 g/mol. The first-order valence-electron chi connectivity index (χ1n) is 7.68. The summed E-state index contributed by atoms with van der Waals surface area (Å²) in [6.07, 6.45) is 1.81. The summed E-state index contributed by atoms with van der Waals surface area (Å²) < 4.78 is 2.73. The molecule has 24 heavy (non-hydrogen) atoms. The Kier molecular flexibility index (Phi) is 3.54. The zero-order chi connectivity index (χ0) is 16.7. The van der Waals surface area contributed by atoms with Gasteiger partial charge in [0.2, 0.25) is 0 Å². The lowest BCUT2D eigenvalue weighted by atomic mass is 10.3. The van der Waals surface area contributed by atoms with E-state index >= 15 is 0 Å². The minimum Gasteiger partial charge on any atom is -0.379 e. The number of hydrogen-bond donors (Lipinski definition) is 1. The van der Waals surface area contributed by atoms with Gasteiger partial charge < -0.3 is 5.32 Å². The molecule has 0 saturated heterocycles. The number of hydrogen-bond acceptors (Lipinski definition) is 5. The average Bonchev–Trinajstić information content (AvgIpc) is 2.93. The summed E-state index contributed by atoms with van der Waals surface area (Å²) in [7, 11) is 0. The van der Waals surface area contributed by atoms with Crippen LogP contribution in [0.5, 0.6) is 0 Å². The van der Waals surface area contributed by atoms with Crippen LogP contribution < -0.4 is 10.9 Å². The molecule has 0 spiro atoms. The lowest BCUT2D eigenvalue weighted by Gasteiger charge is -2.07. The highest BCUT2D eigenvalue weighted by molar-refractivity contribution is 7.18. The fourth-order valence-corrected chi connectivity index (χ4v) is 3.56. The Balaban J connectivity index is 1.61. The Morgan fingerprint density at radius 1 is 1.12 bits per heavy atom. The maximum absolute atomic E-state index is 12.2. The van der Waals surface area contributed by atoms with E-state index < -0.39 is 0 Å². The molecule has 0 fully saturated rings. The molecule has 1 aromatic carbocycles. The van der Waals surface area contributed by atoms with Gasteiger partial charge in [0.25, 0.3) is 5.56 Å². The number of rotatable bonds is 3. The van der Waals surface area contributed by atoms with Gasteiger partial charge in [-0.2, -0.15) is 0 Å². The van der Waals surface area contributed by atoms with Crippen LogP contribution in [0.25, 0.3) is 15.9 Å². The molecule has 5 nitrogen and oxygen atoms in total. The summed E-state index contributed by atoms with van der Waals surface area (Å²) >= 11 is 1.67. The molecular formula is C18H16N4OS. The zero-order valence-corrected chi connectivity index (χ0v) is 14.2. The first kappa shape index (κ1) is 14.8. The largest absolute Gasteiger partial charge is 0.379 e. The van der Waals surface area contributed by atoms with Crippen molar-refractivity contribution in [1.82, 2.24) is 14.4 Å². The molecule has 1 N–H and O–H groups in total. The lowest BCUT2D eigenvalue weighted by molar-refractivity contribution is 0.966. The van der Waals surface area contributed by atoms with Crippen molar-refractivity contribution < 1.29 is 0 Å². The van der Waals surface area contributed by atoms with E-state index in [2.05, 4.69) is 21.4 Å². The second-order valence-corrected chi connectivity index (χ2v) is 7.02. The molecule has 0 aliphatic heterocycles. The van der Waals surface area contributed by atoms with Crippen LogP contribution in [0, 0.1) is 13.8 Å². The molecule has 0 unspecified atom stereocenters. The molecule has 0 atom stereocenters. The van der Waals surface area contributed by atoms with Crippen molar-refractivity contribution >= 4 is 32.9 Å². The van der Waals surface area contributed by atoms with Gasteiger partial charge in [0.05, 0.1) is 27.5 Å². The molecule has 0 radical (unpaired) electrons. The van der Waals surface area contributed by atoms with Crippen molar-refractivity contribution in [2.75, 3.05) is 5.32 Å². The van der Waals surface area contributed by atoms with Crippen molar-refractivity contribution in [2.45, 2.75) is 20.4 Å². The SMILES string of the molecule is Cc1ccc2nc(CNc3ccc4nc(C)sc4c3)cc(=O)n2c1. The van der Waals surface area contributed by atoms with Gasteiger partial charge in [-0.1, -0.05) is 6.07 Å². The predicted octanol–water partition coefficient (Wildman–Crippen LogP) is 3.53. The molecule has 0 aliphatic carbocycles. The standard InChI is InChI=1S/C18H16N4OS/c1-11-3-6-17-21-14(8-18(23)22(17)10-11)9-19-13-4-5-15-16(7-13)24-12(2)20-15/h3-8,10,19H,9H2,1-2H3. The van der Waals surface area contributed by atoms with Crippen molar-refractivity contribution in [3.05, 3.63) is 69.2 Å². The number of benzene rings is 1. The van der Waals surface area contributed by atoms with Gasteiger partial charge in [0, 0.05) is 18.0 Å². The number of aromatic nitrogens is 3. The predicted molar refractivity (Wildman–Crippen MR) is 97.9 cm³/mol. The van der Waals surface area contributed by atoms with Crippen molar-refractivity contribution in [3.8, 4) is 0 Å². The van der Waals surface area contributed by atoms with Crippen LogP contribution in [0.3, 0.4) is 0 Å². The molecule has 0 aliphatic rings. The van der Waals surface area contributed by atoms with Crippen LogP contribution in [0.4, 0.5) is 5.69 Å². The molecule has 4 aromatic rings. The van der Waals surface area contributed by atoms with Gasteiger partial charge in [-0.15, -0.1) is 11.3 Å². The van der Waals surface area contributed by atoms with E-state index in [0.29, 0.717) is 12.2 Å². The normalized spacial score (nSPS) is 11.2. The van der Waals surface area contributed by atoms with Crippen LogP contribution in [-0.4, -0.2) is 14.4 Å². The number of nitrogens with one attached hydrogen (secondary N) is 1. The summed E-state index contributed by atoms with van der Waals surface area (Å²) in [5.74, 6) is 0.